The molecule has 4 rings (SSSR count). The normalized spacial score (nSPS) is 10.7. The fourth-order valence-corrected chi connectivity index (χ4v) is 3.26. The van der Waals surface area contributed by atoms with E-state index < -0.39 is 0 Å². The standard InChI is InChI=1S/C22H17ClN4O2/c1-14(28)25-16-8-11-19(18(23)12-16)26-22(29)15-6-9-17(10-7-15)27-13-24-20-4-2-3-5-21(20)27/h2-13H,1H3,(H,25,28)(H,26,29). The predicted molar refractivity (Wildman–Crippen MR) is 115 cm³/mol. The third-order valence-electron chi connectivity index (χ3n) is 4.40. The van der Waals surface area contributed by atoms with Crippen LogP contribution in [0.4, 0.5) is 11.4 Å². The summed E-state index contributed by atoms with van der Waals surface area (Å²) in [5, 5.41) is 5.77. The topological polar surface area (TPSA) is 76.0 Å². The molecule has 0 saturated heterocycles. The van der Waals surface area contributed by atoms with Crippen molar-refractivity contribution in [2.24, 2.45) is 0 Å². The van der Waals surface area contributed by atoms with Crippen molar-refractivity contribution < 1.29 is 9.59 Å². The third kappa shape index (κ3) is 3.97. The molecule has 1 heterocycles. The molecular weight excluding hydrogens is 388 g/mol. The summed E-state index contributed by atoms with van der Waals surface area (Å²) >= 11 is 6.22. The van der Waals surface area contributed by atoms with E-state index in [-0.39, 0.29) is 11.8 Å². The highest BCUT2D eigenvalue weighted by atomic mass is 35.5. The van der Waals surface area contributed by atoms with E-state index >= 15 is 0 Å². The van der Waals surface area contributed by atoms with Crippen molar-refractivity contribution in [3.8, 4) is 5.69 Å². The van der Waals surface area contributed by atoms with Gasteiger partial charge in [-0.2, -0.15) is 0 Å². The Balaban J connectivity index is 1.52. The fourth-order valence-electron chi connectivity index (χ4n) is 3.03. The monoisotopic (exact) mass is 404 g/mol. The summed E-state index contributed by atoms with van der Waals surface area (Å²) in [5.41, 5.74) is 4.35. The second-order valence-electron chi connectivity index (χ2n) is 6.48. The molecule has 0 spiro atoms. The molecule has 0 aliphatic rings. The molecule has 29 heavy (non-hydrogen) atoms. The number of amides is 2. The molecule has 0 radical (unpaired) electrons. The molecule has 0 unspecified atom stereocenters. The molecule has 1 aromatic heterocycles. The highest BCUT2D eigenvalue weighted by Gasteiger charge is 2.11. The first kappa shape index (κ1) is 18.7. The molecule has 6 nitrogen and oxygen atoms in total. The SMILES string of the molecule is CC(=O)Nc1ccc(NC(=O)c2ccc(-n3cnc4ccccc43)cc2)c(Cl)c1. The molecule has 4 aromatic rings. The smallest absolute Gasteiger partial charge is 0.255 e. The summed E-state index contributed by atoms with van der Waals surface area (Å²) in [4.78, 5) is 28.1. The van der Waals surface area contributed by atoms with Gasteiger partial charge in [-0.05, 0) is 54.6 Å². The van der Waals surface area contributed by atoms with Crippen molar-refractivity contribution in [2.45, 2.75) is 6.92 Å². The van der Waals surface area contributed by atoms with Gasteiger partial charge >= 0.3 is 0 Å². The fraction of sp³-hybridized carbons (Fsp3) is 0.0455. The zero-order chi connectivity index (χ0) is 20.4. The van der Waals surface area contributed by atoms with Crippen LogP contribution in [0.25, 0.3) is 16.7 Å². The first-order chi connectivity index (χ1) is 14.0. The van der Waals surface area contributed by atoms with E-state index in [9.17, 15) is 9.59 Å². The van der Waals surface area contributed by atoms with Crippen LogP contribution in [0.1, 0.15) is 17.3 Å². The van der Waals surface area contributed by atoms with E-state index in [1.807, 2.05) is 41.0 Å². The number of nitrogens with zero attached hydrogens (tertiary/aromatic N) is 2. The van der Waals surface area contributed by atoms with Gasteiger partial charge in [0, 0.05) is 23.9 Å². The maximum absolute atomic E-state index is 12.6. The van der Waals surface area contributed by atoms with Gasteiger partial charge in [0.1, 0.15) is 6.33 Å². The van der Waals surface area contributed by atoms with Crippen LogP contribution in [0.15, 0.2) is 73.1 Å². The first-order valence-electron chi connectivity index (χ1n) is 8.92. The maximum Gasteiger partial charge on any atom is 0.255 e. The van der Waals surface area contributed by atoms with Crippen LogP contribution in [0.2, 0.25) is 5.02 Å². The number of carbonyl (C=O) groups excluding carboxylic acids is 2. The zero-order valence-electron chi connectivity index (χ0n) is 15.5. The Morgan fingerprint density at radius 3 is 2.45 bits per heavy atom. The van der Waals surface area contributed by atoms with Crippen LogP contribution in [-0.2, 0) is 4.79 Å². The van der Waals surface area contributed by atoms with Gasteiger partial charge in [0.05, 0.1) is 21.7 Å². The zero-order valence-corrected chi connectivity index (χ0v) is 16.3. The Hall–Kier alpha value is -3.64. The van der Waals surface area contributed by atoms with Gasteiger partial charge in [-0.15, -0.1) is 0 Å². The summed E-state index contributed by atoms with van der Waals surface area (Å²) in [7, 11) is 0. The van der Waals surface area contributed by atoms with Gasteiger partial charge in [0.2, 0.25) is 5.91 Å². The Bertz CT molecular complexity index is 1220. The highest BCUT2D eigenvalue weighted by molar-refractivity contribution is 6.34. The van der Waals surface area contributed by atoms with E-state index in [0.717, 1.165) is 16.7 Å². The molecule has 0 saturated carbocycles. The summed E-state index contributed by atoms with van der Waals surface area (Å²) in [6.45, 7) is 1.42. The Kier molecular flexibility index (Phi) is 5.01. The summed E-state index contributed by atoms with van der Waals surface area (Å²) in [5.74, 6) is -0.468. The Morgan fingerprint density at radius 2 is 1.72 bits per heavy atom. The van der Waals surface area contributed by atoms with Gasteiger partial charge in [-0.25, -0.2) is 4.98 Å². The lowest BCUT2D eigenvalue weighted by Crippen LogP contribution is -2.12. The molecule has 2 amide bonds. The van der Waals surface area contributed by atoms with Gasteiger partial charge in [-0.1, -0.05) is 23.7 Å². The van der Waals surface area contributed by atoms with Crippen LogP contribution in [0, 0.1) is 0 Å². The number of nitrogens with one attached hydrogen (secondary N) is 2. The summed E-state index contributed by atoms with van der Waals surface area (Å²) in [6, 6.07) is 20.0. The van der Waals surface area contributed by atoms with Gasteiger partial charge < -0.3 is 10.6 Å². The molecule has 0 aliphatic carbocycles. The molecule has 0 aliphatic heterocycles. The quantitative estimate of drug-likeness (QED) is 0.508. The lowest BCUT2D eigenvalue weighted by atomic mass is 10.1. The molecular formula is C22H17ClN4O2. The van der Waals surface area contributed by atoms with Crippen LogP contribution in [0.5, 0.6) is 0 Å². The number of fused-ring (bicyclic) bond motifs is 1. The number of rotatable bonds is 4. The Labute approximate surface area is 172 Å². The van der Waals surface area contributed by atoms with E-state index in [2.05, 4.69) is 15.6 Å². The molecule has 3 aromatic carbocycles. The number of hydrogen-bond acceptors (Lipinski definition) is 3. The van der Waals surface area contributed by atoms with Crippen molar-refractivity contribution in [3.63, 3.8) is 0 Å². The number of carbonyl (C=O) groups is 2. The number of anilines is 2. The molecule has 144 valence electrons. The Morgan fingerprint density at radius 1 is 0.966 bits per heavy atom. The molecule has 2 N–H and O–H groups in total. The number of imidazole rings is 1. The molecule has 0 bridgehead atoms. The second-order valence-corrected chi connectivity index (χ2v) is 6.89. The van der Waals surface area contributed by atoms with Crippen molar-refractivity contribution in [3.05, 3.63) is 83.6 Å². The second kappa shape index (κ2) is 7.77. The van der Waals surface area contributed by atoms with Crippen molar-refractivity contribution in [1.29, 1.82) is 0 Å². The highest BCUT2D eigenvalue weighted by Crippen LogP contribution is 2.26. The summed E-state index contributed by atoms with van der Waals surface area (Å²) < 4.78 is 1.97. The minimum Gasteiger partial charge on any atom is -0.326 e. The van der Waals surface area contributed by atoms with Crippen LogP contribution < -0.4 is 10.6 Å². The van der Waals surface area contributed by atoms with Crippen molar-refractivity contribution in [1.82, 2.24) is 9.55 Å². The molecule has 7 heteroatoms. The lowest BCUT2D eigenvalue weighted by Gasteiger charge is -2.10. The minimum absolute atomic E-state index is 0.191. The number of para-hydroxylation sites is 2. The number of benzene rings is 3. The predicted octanol–water partition coefficient (Wildman–Crippen LogP) is 4.89. The third-order valence-corrected chi connectivity index (χ3v) is 4.71. The minimum atomic E-state index is -0.277. The lowest BCUT2D eigenvalue weighted by molar-refractivity contribution is -0.114. The van der Waals surface area contributed by atoms with E-state index in [4.69, 9.17) is 11.6 Å². The van der Waals surface area contributed by atoms with Gasteiger partial charge in [-0.3, -0.25) is 14.2 Å². The summed E-state index contributed by atoms with van der Waals surface area (Å²) in [6.07, 6.45) is 1.76. The van der Waals surface area contributed by atoms with Crippen LogP contribution in [-0.4, -0.2) is 21.4 Å². The molecule has 0 atom stereocenters. The average molecular weight is 405 g/mol. The maximum atomic E-state index is 12.6. The van der Waals surface area contributed by atoms with Crippen LogP contribution in [0.3, 0.4) is 0 Å². The van der Waals surface area contributed by atoms with E-state index in [1.165, 1.54) is 6.92 Å². The average Bonchev–Trinajstić information content (AvgIpc) is 3.14. The van der Waals surface area contributed by atoms with Crippen molar-refractivity contribution >= 4 is 45.8 Å². The largest absolute Gasteiger partial charge is 0.326 e. The number of aromatic nitrogens is 2. The number of hydrogen-bond donors (Lipinski definition) is 2. The number of halogens is 1. The van der Waals surface area contributed by atoms with E-state index in [1.54, 1.807) is 36.7 Å². The first-order valence-corrected chi connectivity index (χ1v) is 9.30. The van der Waals surface area contributed by atoms with Gasteiger partial charge in [0.25, 0.3) is 5.91 Å². The van der Waals surface area contributed by atoms with Crippen LogP contribution >= 0.6 is 11.6 Å². The van der Waals surface area contributed by atoms with Crippen molar-refractivity contribution in [2.75, 3.05) is 10.6 Å². The molecule has 0 fully saturated rings. The van der Waals surface area contributed by atoms with E-state index in [0.29, 0.717) is 22.0 Å². The van der Waals surface area contributed by atoms with Gasteiger partial charge in [0.15, 0.2) is 0 Å².